The lowest BCUT2D eigenvalue weighted by Gasteiger charge is -2.19. The van der Waals surface area contributed by atoms with Crippen molar-refractivity contribution in [2.45, 2.75) is 38.8 Å². The van der Waals surface area contributed by atoms with Crippen LogP contribution in [0.4, 0.5) is 5.13 Å². The van der Waals surface area contributed by atoms with Gasteiger partial charge in [0.2, 0.25) is 0 Å². The first-order chi connectivity index (χ1) is 8.70. The summed E-state index contributed by atoms with van der Waals surface area (Å²) in [5, 5.41) is 4.50. The fourth-order valence-electron chi connectivity index (χ4n) is 2.23. The lowest BCUT2D eigenvalue weighted by atomic mass is 10.2. The van der Waals surface area contributed by atoms with Crippen LogP contribution in [0.15, 0.2) is 6.20 Å². The molecule has 1 saturated heterocycles. The molecule has 2 rings (SSSR count). The van der Waals surface area contributed by atoms with Crippen LogP contribution in [0.25, 0.3) is 0 Å². The summed E-state index contributed by atoms with van der Waals surface area (Å²) in [4.78, 5) is 8.02. The molecule has 1 aliphatic heterocycles. The Bertz CT molecular complexity index is 363. The van der Waals surface area contributed by atoms with Crippen molar-refractivity contribution in [1.29, 1.82) is 0 Å². The average molecular weight is 269 g/mol. The van der Waals surface area contributed by atoms with Crippen LogP contribution in [-0.4, -0.2) is 37.8 Å². The van der Waals surface area contributed by atoms with Gasteiger partial charge >= 0.3 is 0 Å². The molecule has 4 nitrogen and oxygen atoms in total. The van der Waals surface area contributed by atoms with Crippen molar-refractivity contribution in [3.05, 3.63) is 11.1 Å². The van der Waals surface area contributed by atoms with E-state index in [1.807, 2.05) is 6.20 Å². The molecule has 18 heavy (non-hydrogen) atoms. The number of rotatable bonds is 6. The number of nitrogens with zero attached hydrogens (tertiary/aromatic N) is 2. The minimum atomic E-state index is 0.383. The molecular formula is C13H23N3OS. The molecule has 102 valence electrons. The third kappa shape index (κ3) is 3.43. The van der Waals surface area contributed by atoms with Crippen molar-refractivity contribution in [2.75, 3.05) is 31.6 Å². The molecule has 0 aliphatic carbocycles. The van der Waals surface area contributed by atoms with Crippen LogP contribution in [0.1, 0.15) is 37.6 Å². The van der Waals surface area contributed by atoms with E-state index < -0.39 is 0 Å². The van der Waals surface area contributed by atoms with Crippen LogP contribution in [0.2, 0.25) is 0 Å². The van der Waals surface area contributed by atoms with Gasteiger partial charge in [-0.05, 0) is 26.3 Å². The number of hydrogen-bond donors (Lipinski definition) is 1. The summed E-state index contributed by atoms with van der Waals surface area (Å²) in [6, 6.07) is 0.386. The Balaban J connectivity index is 1.91. The molecule has 1 aliphatic rings. The predicted octanol–water partition coefficient (Wildman–Crippen LogP) is 2.43. The highest BCUT2D eigenvalue weighted by molar-refractivity contribution is 7.15. The van der Waals surface area contributed by atoms with Gasteiger partial charge in [-0.2, -0.15) is 0 Å². The highest BCUT2D eigenvalue weighted by atomic mass is 32.1. The molecule has 0 radical (unpaired) electrons. The van der Waals surface area contributed by atoms with Gasteiger partial charge in [-0.25, -0.2) is 4.98 Å². The Morgan fingerprint density at radius 1 is 1.67 bits per heavy atom. The van der Waals surface area contributed by atoms with Crippen LogP contribution < -0.4 is 10.2 Å². The van der Waals surface area contributed by atoms with Crippen LogP contribution in [0, 0.1) is 0 Å². The van der Waals surface area contributed by atoms with Gasteiger partial charge in [-0.1, -0.05) is 6.92 Å². The van der Waals surface area contributed by atoms with Gasteiger partial charge in [0.05, 0.1) is 6.10 Å². The fourth-order valence-corrected chi connectivity index (χ4v) is 3.14. The molecule has 2 unspecified atom stereocenters. The summed E-state index contributed by atoms with van der Waals surface area (Å²) in [6.07, 6.45) is 4.74. The number of hydrogen-bond acceptors (Lipinski definition) is 5. The molecule has 1 N–H and O–H groups in total. The smallest absolute Gasteiger partial charge is 0.185 e. The topological polar surface area (TPSA) is 37.4 Å². The monoisotopic (exact) mass is 269 g/mol. The summed E-state index contributed by atoms with van der Waals surface area (Å²) in [5.74, 6) is 0. The molecule has 1 aromatic rings. The van der Waals surface area contributed by atoms with Crippen molar-refractivity contribution in [3.8, 4) is 0 Å². The normalized spacial score (nSPS) is 21.2. The molecular weight excluding hydrogens is 246 g/mol. The minimum Gasteiger partial charge on any atom is -0.376 e. The summed E-state index contributed by atoms with van der Waals surface area (Å²) in [7, 11) is 2.10. The number of ether oxygens (including phenoxy) is 1. The van der Waals surface area contributed by atoms with Crippen LogP contribution >= 0.6 is 11.3 Å². The largest absolute Gasteiger partial charge is 0.376 e. The van der Waals surface area contributed by atoms with Gasteiger partial charge in [-0.15, -0.1) is 11.3 Å². The van der Waals surface area contributed by atoms with E-state index in [0.717, 1.165) is 24.8 Å². The number of anilines is 1. The average Bonchev–Trinajstić information content (AvgIpc) is 2.99. The van der Waals surface area contributed by atoms with E-state index in [0.29, 0.717) is 12.1 Å². The number of nitrogens with one attached hydrogen (secondary N) is 1. The molecule has 0 saturated carbocycles. The fraction of sp³-hybridized carbons (Fsp3) is 0.769. The number of aromatic nitrogens is 1. The van der Waals surface area contributed by atoms with Crippen molar-refractivity contribution < 1.29 is 4.74 Å². The molecule has 1 fully saturated rings. The Morgan fingerprint density at radius 2 is 2.50 bits per heavy atom. The molecule has 2 heterocycles. The van der Waals surface area contributed by atoms with Gasteiger partial charge in [0.15, 0.2) is 5.13 Å². The molecule has 1 aromatic heterocycles. The second-order valence-corrected chi connectivity index (χ2v) is 5.88. The maximum absolute atomic E-state index is 5.66. The third-order valence-corrected chi connectivity index (χ3v) is 4.57. The molecule has 5 heteroatoms. The zero-order valence-electron chi connectivity index (χ0n) is 11.5. The predicted molar refractivity (Wildman–Crippen MR) is 76.4 cm³/mol. The Labute approximate surface area is 113 Å². The standard InChI is InChI=1S/C13H23N3OS/c1-4-14-10(2)12-8-15-13(18-12)16(3)9-11-6-5-7-17-11/h8,10-11,14H,4-7,9H2,1-3H3. The highest BCUT2D eigenvalue weighted by Gasteiger charge is 2.19. The van der Waals surface area contributed by atoms with Gasteiger partial charge in [0, 0.05) is 37.3 Å². The quantitative estimate of drug-likeness (QED) is 0.860. The maximum Gasteiger partial charge on any atom is 0.185 e. The zero-order valence-corrected chi connectivity index (χ0v) is 12.3. The van der Waals surface area contributed by atoms with Gasteiger partial charge in [0.25, 0.3) is 0 Å². The van der Waals surface area contributed by atoms with E-state index in [4.69, 9.17) is 4.74 Å². The number of likely N-dealkylation sites (N-methyl/N-ethyl adjacent to an activating group) is 1. The first kappa shape index (κ1) is 13.8. The van der Waals surface area contributed by atoms with E-state index in [-0.39, 0.29) is 0 Å². The van der Waals surface area contributed by atoms with E-state index in [9.17, 15) is 0 Å². The zero-order chi connectivity index (χ0) is 13.0. The van der Waals surface area contributed by atoms with Crippen molar-refractivity contribution >= 4 is 16.5 Å². The van der Waals surface area contributed by atoms with Crippen LogP contribution in [0.5, 0.6) is 0 Å². The molecule has 0 amide bonds. The Morgan fingerprint density at radius 3 is 3.17 bits per heavy atom. The minimum absolute atomic E-state index is 0.383. The van der Waals surface area contributed by atoms with Crippen molar-refractivity contribution in [3.63, 3.8) is 0 Å². The summed E-state index contributed by atoms with van der Waals surface area (Å²) >= 11 is 1.77. The number of thiazole rings is 1. The van der Waals surface area contributed by atoms with Crippen LogP contribution in [-0.2, 0) is 4.74 Å². The van der Waals surface area contributed by atoms with E-state index in [1.54, 1.807) is 11.3 Å². The van der Waals surface area contributed by atoms with Crippen molar-refractivity contribution in [1.82, 2.24) is 10.3 Å². The Hall–Kier alpha value is -0.650. The maximum atomic E-state index is 5.66. The van der Waals surface area contributed by atoms with E-state index >= 15 is 0 Å². The summed E-state index contributed by atoms with van der Waals surface area (Å²) < 4.78 is 5.66. The lowest BCUT2D eigenvalue weighted by Crippen LogP contribution is -2.28. The van der Waals surface area contributed by atoms with Gasteiger partial charge < -0.3 is 15.0 Å². The van der Waals surface area contributed by atoms with Gasteiger partial charge in [0.1, 0.15) is 0 Å². The van der Waals surface area contributed by atoms with Crippen molar-refractivity contribution in [2.24, 2.45) is 0 Å². The SMILES string of the molecule is CCNC(C)c1cnc(N(C)CC2CCCO2)s1. The molecule has 0 spiro atoms. The highest BCUT2D eigenvalue weighted by Crippen LogP contribution is 2.27. The second kappa shape index (κ2) is 6.50. The summed E-state index contributed by atoms with van der Waals surface area (Å²) in [5.41, 5.74) is 0. The molecule has 2 atom stereocenters. The van der Waals surface area contributed by atoms with E-state index in [2.05, 4.69) is 36.1 Å². The van der Waals surface area contributed by atoms with E-state index in [1.165, 1.54) is 17.7 Å². The third-order valence-electron chi connectivity index (χ3n) is 3.28. The summed E-state index contributed by atoms with van der Waals surface area (Å²) in [6.45, 7) is 7.16. The first-order valence-corrected chi connectivity index (χ1v) is 7.54. The lowest BCUT2D eigenvalue weighted by molar-refractivity contribution is 0.116. The Kier molecular flexibility index (Phi) is 4.97. The van der Waals surface area contributed by atoms with Gasteiger partial charge in [-0.3, -0.25) is 0 Å². The first-order valence-electron chi connectivity index (χ1n) is 6.72. The molecule has 0 aromatic carbocycles. The second-order valence-electron chi connectivity index (χ2n) is 4.84. The van der Waals surface area contributed by atoms with Crippen LogP contribution in [0.3, 0.4) is 0 Å². The molecule has 0 bridgehead atoms.